The number of likely N-dealkylation sites (tertiary alicyclic amines) is 1. The third-order valence-electron chi connectivity index (χ3n) is 5.78. The Morgan fingerprint density at radius 2 is 1.83 bits per heavy atom. The zero-order chi connectivity index (χ0) is 20.9. The van der Waals surface area contributed by atoms with Gasteiger partial charge in [-0.3, -0.25) is 4.79 Å². The first-order valence-electron chi connectivity index (χ1n) is 10.6. The van der Waals surface area contributed by atoms with Gasteiger partial charge in [0.25, 0.3) is 5.91 Å². The number of ether oxygens (including phenoxy) is 1. The van der Waals surface area contributed by atoms with E-state index in [9.17, 15) is 9.18 Å². The van der Waals surface area contributed by atoms with Crippen LogP contribution < -0.4 is 10.1 Å². The van der Waals surface area contributed by atoms with Gasteiger partial charge in [0.1, 0.15) is 17.7 Å². The first kappa shape index (κ1) is 20.4. The van der Waals surface area contributed by atoms with E-state index in [4.69, 9.17) is 4.74 Å². The summed E-state index contributed by atoms with van der Waals surface area (Å²) in [6.45, 7) is 3.90. The Labute approximate surface area is 176 Å². The second kappa shape index (κ2) is 9.30. The van der Waals surface area contributed by atoms with E-state index in [1.165, 1.54) is 12.1 Å². The molecule has 4 rings (SSSR count). The molecular formula is C24H28FN3O2. The average molecular weight is 410 g/mol. The zero-order valence-corrected chi connectivity index (χ0v) is 17.3. The molecule has 0 radical (unpaired) electrons. The SMILES string of the molecule is CNC(=O)c1cn(CCCN2CCC(Oc3ccc(F)cc3)CC2)c2ccccc12. The van der Waals surface area contributed by atoms with Crippen LogP contribution in [0.4, 0.5) is 4.39 Å². The summed E-state index contributed by atoms with van der Waals surface area (Å²) >= 11 is 0. The van der Waals surface area contributed by atoms with Crippen LogP contribution in [0, 0.1) is 5.82 Å². The van der Waals surface area contributed by atoms with Crippen molar-refractivity contribution in [2.75, 3.05) is 26.7 Å². The number of hydrogen-bond acceptors (Lipinski definition) is 3. The topological polar surface area (TPSA) is 46.5 Å². The molecule has 2 heterocycles. The molecule has 0 unspecified atom stereocenters. The van der Waals surface area contributed by atoms with Gasteiger partial charge in [-0.2, -0.15) is 0 Å². The zero-order valence-electron chi connectivity index (χ0n) is 17.3. The summed E-state index contributed by atoms with van der Waals surface area (Å²) in [6.07, 6.45) is 5.13. The van der Waals surface area contributed by atoms with Crippen molar-refractivity contribution >= 4 is 16.8 Å². The van der Waals surface area contributed by atoms with Crippen molar-refractivity contribution in [2.45, 2.75) is 31.9 Å². The van der Waals surface area contributed by atoms with Crippen LogP contribution in [-0.2, 0) is 6.54 Å². The lowest BCUT2D eigenvalue weighted by molar-refractivity contribution is 0.0964. The first-order chi connectivity index (χ1) is 14.6. The Balaban J connectivity index is 1.27. The quantitative estimate of drug-likeness (QED) is 0.640. The lowest BCUT2D eigenvalue weighted by Crippen LogP contribution is -2.38. The summed E-state index contributed by atoms with van der Waals surface area (Å²) in [6, 6.07) is 14.3. The van der Waals surface area contributed by atoms with E-state index in [2.05, 4.69) is 20.9 Å². The summed E-state index contributed by atoms with van der Waals surface area (Å²) in [5.74, 6) is 0.449. The highest BCUT2D eigenvalue weighted by molar-refractivity contribution is 6.06. The molecule has 1 fully saturated rings. The molecule has 30 heavy (non-hydrogen) atoms. The molecule has 1 aliphatic heterocycles. The lowest BCUT2D eigenvalue weighted by Gasteiger charge is -2.32. The predicted octanol–water partition coefficient (Wildman–Crippen LogP) is 4.07. The minimum atomic E-state index is -0.241. The average Bonchev–Trinajstić information content (AvgIpc) is 3.15. The number of piperidine rings is 1. The summed E-state index contributed by atoms with van der Waals surface area (Å²) in [4.78, 5) is 14.6. The number of fused-ring (bicyclic) bond motifs is 1. The van der Waals surface area contributed by atoms with Crippen molar-refractivity contribution < 1.29 is 13.9 Å². The Bertz CT molecular complexity index is 991. The van der Waals surface area contributed by atoms with Gasteiger partial charge in [0.2, 0.25) is 0 Å². The third-order valence-corrected chi connectivity index (χ3v) is 5.78. The molecule has 1 saturated heterocycles. The van der Waals surface area contributed by atoms with Crippen molar-refractivity contribution in [3.8, 4) is 5.75 Å². The molecule has 158 valence electrons. The molecule has 1 amide bonds. The van der Waals surface area contributed by atoms with E-state index in [0.29, 0.717) is 0 Å². The van der Waals surface area contributed by atoms with Gasteiger partial charge >= 0.3 is 0 Å². The van der Waals surface area contributed by atoms with Gasteiger partial charge in [0.15, 0.2) is 0 Å². The molecule has 1 aliphatic rings. The summed E-state index contributed by atoms with van der Waals surface area (Å²) in [7, 11) is 1.66. The van der Waals surface area contributed by atoms with Crippen molar-refractivity contribution in [2.24, 2.45) is 0 Å². The smallest absolute Gasteiger partial charge is 0.253 e. The molecule has 0 bridgehead atoms. The van der Waals surface area contributed by atoms with Crippen molar-refractivity contribution in [1.29, 1.82) is 0 Å². The molecule has 0 aliphatic carbocycles. The highest BCUT2D eigenvalue weighted by atomic mass is 19.1. The number of nitrogens with zero attached hydrogens (tertiary/aromatic N) is 2. The van der Waals surface area contributed by atoms with Crippen LogP contribution in [0.1, 0.15) is 29.6 Å². The van der Waals surface area contributed by atoms with Crippen molar-refractivity contribution in [1.82, 2.24) is 14.8 Å². The number of halogens is 1. The standard InChI is InChI=1S/C24H28FN3O2/c1-26-24(29)22-17-28(23-6-3-2-5-21(22)23)14-4-13-27-15-11-20(12-16-27)30-19-9-7-18(25)8-10-19/h2-3,5-10,17,20H,4,11-16H2,1H3,(H,26,29). The van der Waals surface area contributed by atoms with Crippen LogP contribution in [0.15, 0.2) is 54.7 Å². The van der Waals surface area contributed by atoms with E-state index in [0.717, 1.165) is 67.7 Å². The van der Waals surface area contributed by atoms with Gasteiger partial charge in [-0.15, -0.1) is 0 Å². The molecule has 1 aromatic heterocycles. The molecule has 0 spiro atoms. The summed E-state index contributed by atoms with van der Waals surface area (Å²) in [5, 5.41) is 3.72. The maximum Gasteiger partial charge on any atom is 0.253 e. The highest BCUT2D eigenvalue weighted by Gasteiger charge is 2.20. The van der Waals surface area contributed by atoms with Gasteiger partial charge < -0.3 is 19.5 Å². The van der Waals surface area contributed by atoms with Gasteiger partial charge in [-0.1, -0.05) is 18.2 Å². The van der Waals surface area contributed by atoms with Crippen molar-refractivity contribution in [3.63, 3.8) is 0 Å². The second-order valence-electron chi connectivity index (χ2n) is 7.80. The molecule has 6 heteroatoms. The molecule has 2 aromatic carbocycles. The number of nitrogens with one attached hydrogen (secondary N) is 1. The molecular weight excluding hydrogens is 381 g/mol. The van der Waals surface area contributed by atoms with Crippen LogP contribution in [0.5, 0.6) is 5.75 Å². The normalized spacial score (nSPS) is 15.4. The number of benzene rings is 2. The number of amides is 1. The lowest BCUT2D eigenvalue weighted by atomic mass is 10.1. The van der Waals surface area contributed by atoms with Gasteiger partial charge in [0, 0.05) is 43.8 Å². The van der Waals surface area contributed by atoms with E-state index in [1.807, 2.05) is 24.4 Å². The minimum absolute atomic E-state index is 0.0480. The number of para-hydroxylation sites is 1. The number of aryl methyl sites for hydroxylation is 1. The monoisotopic (exact) mass is 409 g/mol. The Morgan fingerprint density at radius 1 is 1.10 bits per heavy atom. The van der Waals surface area contributed by atoms with Gasteiger partial charge in [-0.25, -0.2) is 4.39 Å². The number of carbonyl (C=O) groups excluding carboxylic acids is 1. The van der Waals surface area contributed by atoms with E-state index < -0.39 is 0 Å². The minimum Gasteiger partial charge on any atom is -0.490 e. The van der Waals surface area contributed by atoms with E-state index >= 15 is 0 Å². The predicted molar refractivity (Wildman–Crippen MR) is 116 cm³/mol. The molecule has 5 nitrogen and oxygen atoms in total. The van der Waals surface area contributed by atoms with Crippen LogP contribution in [0.25, 0.3) is 10.9 Å². The maximum absolute atomic E-state index is 13.0. The van der Waals surface area contributed by atoms with Gasteiger partial charge in [-0.05, 0) is 56.1 Å². The highest BCUT2D eigenvalue weighted by Crippen LogP contribution is 2.22. The fraction of sp³-hybridized carbons (Fsp3) is 0.375. The first-order valence-corrected chi connectivity index (χ1v) is 10.6. The Kier molecular flexibility index (Phi) is 6.33. The fourth-order valence-corrected chi connectivity index (χ4v) is 4.17. The van der Waals surface area contributed by atoms with Crippen LogP contribution >= 0.6 is 0 Å². The molecule has 3 aromatic rings. The van der Waals surface area contributed by atoms with E-state index in [1.54, 1.807) is 19.2 Å². The molecule has 0 saturated carbocycles. The third kappa shape index (κ3) is 4.65. The number of carbonyl (C=O) groups is 1. The Morgan fingerprint density at radius 3 is 2.57 bits per heavy atom. The largest absolute Gasteiger partial charge is 0.490 e. The van der Waals surface area contributed by atoms with Crippen LogP contribution in [-0.4, -0.2) is 48.2 Å². The number of aromatic nitrogens is 1. The Hall–Kier alpha value is -2.86. The summed E-state index contributed by atoms with van der Waals surface area (Å²) in [5.41, 5.74) is 1.83. The maximum atomic E-state index is 13.0. The fourth-order valence-electron chi connectivity index (χ4n) is 4.17. The molecule has 1 N–H and O–H groups in total. The number of rotatable bonds is 7. The molecule has 0 atom stereocenters. The van der Waals surface area contributed by atoms with Gasteiger partial charge in [0.05, 0.1) is 5.56 Å². The number of hydrogen-bond donors (Lipinski definition) is 1. The van der Waals surface area contributed by atoms with Crippen molar-refractivity contribution in [3.05, 3.63) is 66.1 Å². The van der Waals surface area contributed by atoms with Crippen LogP contribution in [0.2, 0.25) is 0 Å². The second-order valence-corrected chi connectivity index (χ2v) is 7.80. The van der Waals surface area contributed by atoms with E-state index in [-0.39, 0.29) is 17.8 Å². The summed E-state index contributed by atoms with van der Waals surface area (Å²) < 4.78 is 21.2. The van der Waals surface area contributed by atoms with Crippen LogP contribution in [0.3, 0.4) is 0 Å².